The summed E-state index contributed by atoms with van der Waals surface area (Å²) in [5.74, 6) is 1.35. The van der Waals surface area contributed by atoms with Crippen molar-refractivity contribution in [3.63, 3.8) is 0 Å². The summed E-state index contributed by atoms with van der Waals surface area (Å²) < 4.78 is 5.71. The third-order valence-electron chi connectivity index (χ3n) is 4.85. The molecule has 4 rings (SSSR count). The first-order valence-corrected chi connectivity index (χ1v) is 9.40. The third kappa shape index (κ3) is 4.57. The van der Waals surface area contributed by atoms with Crippen molar-refractivity contribution in [1.82, 2.24) is 4.98 Å². The normalized spacial score (nSPS) is 15.1. The number of carbonyl (C=O) groups is 1. The van der Waals surface area contributed by atoms with Crippen LogP contribution in [0.4, 0.5) is 16.2 Å². The quantitative estimate of drug-likeness (QED) is 0.592. The lowest BCUT2D eigenvalue weighted by Gasteiger charge is -2.22. The Hall–Kier alpha value is -3.74. The summed E-state index contributed by atoms with van der Waals surface area (Å²) in [7, 11) is 0. The number of hydrogen-bond donors (Lipinski definition) is 2. The van der Waals surface area contributed by atoms with E-state index in [1.54, 1.807) is 48.8 Å². The van der Waals surface area contributed by atoms with E-state index >= 15 is 0 Å². The molecule has 7 heteroatoms. The van der Waals surface area contributed by atoms with Crippen LogP contribution in [0.25, 0.3) is 0 Å². The predicted octanol–water partition coefficient (Wildman–Crippen LogP) is 5.14. The van der Waals surface area contributed by atoms with Gasteiger partial charge in [-0.05, 0) is 66.4 Å². The van der Waals surface area contributed by atoms with Crippen LogP contribution in [-0.4, -0.2) is 17.1 Å². The smallest absolute Gasteiger partial charge is 0.323 e. The molecule has 0 aliphatic heterocycles. The maximum atomic E-state index is 12.4. The summed E-state index contributed by atoms with van der Waals surface area (Å²) in [6, 6.07) is 15.8. The average Bonchev–Trinajstić information content (AvgIpc) is 2.76. The molecule has 1 unspecified atom stereocenters. The number of nitrogens with one attached hydrogen (secondary N) is 2. The highest BCUT2D eigenvalue weighted by atomic mass is 16.5. The van der Waals surface area contributed by atoms with E-state index < -0.39 is 0 Å². The molecular formula is C22H20N4O3. The Labute approximate surface area is 168 Å². The van der Waals surface area contributed by atoms with Crippen LogP contribution in [0.3, 0.4) is 0 Å². The second-order valence-electron chi connectivity index (χ2n) is 6.83. The number of ether oxygens (including phenoxy) is 1. The minimum Gasteiger partial charge on any atom is -0.457 e. The monoisotopic (exact) mass is 388 g/mol. The molecule has 2 amide bonds. The lowest BCUT2D eigenvalue weighted by atomic mass is 9.87. The van der Waals surface area contributed by atoms with Gasteiger partial charge in [0.25, 0.3) is 0 Å². The maximum Gasteiger partial charge on any atom is 0.323 e. The van der Waals surface area contributed by atoms with Crippen LogP contribution in [0, 0.1) is 4.91 Å². The molecule has 0 bridgehead atoms. The molecule has 2 aromatic carbocycles. The van der Waals surface area contributed by atoms with Crippen molar-refractivity contribution in [1.29, 1.82) is 0 Å². The van der Waals surface area contributed by atoms with E-state index in [-0.39, 0.29) is 12.1 Å². The van der Waals surface area contributed by atoms with Crippen molar-refractivity contribution < 1.29 is 9.53 Å². The van der Waals surface area contributed by atoms with E-state index in [2.05, 4.69) is 20.8 Å². The van der Waals surface area contributed by atoms with Crippen molar-refractivity contribution >= 4 is 17.4 Å². The number of carbonyl (C=O) groups excluding carboxylic acids is 1. The molecule has 0 saturated heterocycles. The van der Waals surface area contributed by atoms with Crippen molar-refractivity contribution in [3.05, 3.63) is 83.0 Å². The molecule has 0 radical (unpaired) electrons. The largest absolute Gasteiger partial charge is 0.457 e. The van der Waals surface area contributed by atoms with E-state index in [9.17, 15) is 9.70 Å². The van der Waals surface area contributed by atoms with Crippen LogP contribution >= 0.6 is 0 Å². The molecule has 7 nitrogen and oxygen atoms in total. The second-order valence-corrected chi connectivity index (χ2v) is 6.83. The van der Waals surface area contributed by atoms with Gasteiger partial charge in [-0.2, -0.15) is 4.91 Å². The topological polar surface area (TPSA) is 92.7 Å². The molecule has 1 aromatic heterocycles. The third-order valence-corrected chi connectivity index (χ3v) is 4.85. The van der Waals surface area contributed by atoms with E-state index in [0.717, 1.165) is 24.0 Å². The number of urea groups is 1. The van der Waals surface area contributed by atoms with Crippen LogP contribution in [0.15, 0.2) is 72.2 Å². The van der Waals surface area contributed by atoms with Crippen LogP contribution in [0.2, 0.25) is 0 Å². The Balaban J connectivity index is 1.40. The molecular weight excluding hydrogens is 368 g/mol. The number of nitrogens with zero attached hydrogens (tertiary/aromatic N) is 2. The van der Waals surface area contributed by atoms with Gasteiger partial charge >= 0.3 is 6.03 Å². The number of anilines is 2. The molecule has 0 saturated carbocycles. The minimum absolute atomic E-state index is 0.235. The minimum atomic E-state index is -0.345. The number of rotatable bonds is 5. The van der Waals surface area contributed by atoms with Crippen molar-refractivity contribution in [2.75, 3.05) is 10.6 Å². The molecule has 1 aliphatic rings. The van der Waals surface area contributed by atoms with Gasteiger partial charge in [-0.3, -0.25) is 4.98 Å². The molecule has 29 heavy (non-hydrogen) atoms. The summed E-state index contributed by atoms with van der Waals surface area (Å²) >= 11 is 0. The van der Waals surface area contributed by atoms with Gasteiger partial charge in [0.2, 0.25) is 0 Å². The number of aromatic nitrogens is 1. The number of hydrogen-bond acceptors (Lipinski definition) is 5. The van der Waals surface area contributed by atoms with Gasteiger partial charge in [0.1, 0.15) is 11.5 Å². The molecule has 1 heterocycles. The highest BCUT2D eigenvalue weighted by Gasteiger charge is 2.22. The standard InChI is InChI=1S/C22H20N4O3/c27-22(25-21-3-1-2-15-4-5-17(26-28)14-20(15)21)24-16-6-8-18(9-7-16)29-19-10-12-23-13-11-19/h1-3,6-13,17H,4-5,14H2,(H2,24,25,27). The van der Waals surface area contributed by atoms with Crippen molar-refractivity contribution in [2.45, 2.75) is 25.3 Å². The van der Waals surface area contributed by atoms with Gasteiger partial charge < -0.3 is 15.4 Å². The van der Waals surface area contributed by atoms with Gasteiger partial charge in [-0.15, -0.1) is 0 Å². The molecule has 0 fully saturated rings. The summed E-state index contributed by atoms with van der Waals surface area (Å²) in [6.07, 6.45) is 5.41. The zero-order chi connectivity index (χ0) is 20.1. The van der Waals surface area contributed by atoms with Crippen LogP contribution in [-0.2, 0) is 12.8 Å². The lowest BCUT2D eigenvalue weighted by molar-refractivity contribution is 0.262. The number of benzene rings is 2. The Morgan fingerprint density at radius 2 is 1.76 bits per heavy atom. The van der Waals surface area contributed by atoms with Gasteiger partial charge in [-0.1, -0.05) is 17.3 Å². The van der Waals surface area contributed by atoms with E-state index in [4.69, 9.17) is 4.74 Å². The van der Waals surface area contributed by atoms with Crippen LogP contribution < -0.4 is 15.4 Å². The highest BCUT2D eigenvalue weighted by Crippen LogP contribution is 2.29. The molecule has 3 aromatic rings. The highest BCUT2D eigenvalue weighted by molar-refractivity contribution is 6.00. The Bertz CT molecular complexity index is 1010. The summed E-state index contributed by atoms with van der Waals surface area (Å²) in [5.41, 5.74) is 3.49. The van der Waals surface area contributed by atoms with E-state index in [1.807, 2.05) is 18.2 Å². The molecule has 146 valence electrons. The Kier molecular flexibility index (Phi) is 5.47. The fourth-order valence-corrected chi connectivity index (χ4v) is 3.41. The van der Waals surface area contributed by atoms with Gasteiger partial charge in [-0.25, -0.2) is 4.79 Å². The molecule has 1 aliphatic carbocycles. The Morgan fingerprint density at radius 1 is 1.00 bits per heavy atom. The molecule has 1 atom stereocenters. The second kappa shape index (κ2) is 8.52. The lowest BCUT2D eigenvalue weighted by Crippen LogP contribution is -2.23. The SMILES string of the molecule is O=NC1CCc2cccc(NC(=O)Nc3ccc(Oc4ccncc4)cc3)c2C1. The predicted molar refractivity (Wildman–Crippen MR) is 111 cm³/mol. The van der Waals surface area contributed by atoms with Crippen molar-refractivity contribution in [3.8, 4) is 11.5 Å². The van der Waals surface area contributed by atoms with E-state index in [0.29, 0.717) is 29.3 Å². The number of fused-ring (bicyclic) bond motifs is 1. The van der Waals surface area contributed by atoms with Gasteiger partial charge in [0, 0.05) is 30.2 Å². The van der Waals surface area contributed by atoms with Crippen molar-refractivity contribution in [2.24, 2.45) is 5.18 Å². The van der Waals surface area contributed by atoms with Gasteiger partial charge in [0.15, 0.2) is 0 Å². The zero-order valence-electron chi connectivity index (χ0n) is 15.7. The number of pyridine rings is 1. The fraction of sp³-hybridized carbons (Fsp3) is 0.182. The summed E-state index contributed by atoms with van der Waals surface area (Å²) in [6.45, 7) is 0. The first-order valence-electron chi connectivity index (χ1n) is 9.40. The van der Waals surface area contributed by atoms with E-state index in [1.165, 1.54) is 0 Å². The van der Waals surface area contributed by atoms with Crippen LogP contribution in [0.1, 0.15) is 17.5 Å². The number of nitroso groups, excluding NO2 is 1. The molecule has 2 N–H and O–H groups in total. The van der Waals surface area contributed by atoms with Gasteiger partial charge in [0.05, 0.1) is 6.04 Å². The maximum absolute atomic E-state index is 12.4. The first kappa shape index (κ1) is 18.6. The summed E-state index contributed by atoms with van der Waals surface area (Å²) in [5, 5.41) is 8.88. The summed E-state index contributed by atoms with van der Waals surface area (Å²) in [4.78, 5) is 27.3. The molecule has 0 spiro atoms. The first-order chi connectivity index (χ1) is 14.2. The van der Waals surface area contributed by atoms with Crippen LogP contribution in [0.5, 0.6) is 11.5 Å². The Morgan fingerprint density at radius 3 is 2.52 bits per heavy atom. The number of amides is 2. The zero-order valence-corrected chi connectivity index (χ0v) is 15.7. The fourth-order valence-electron chi connectivity index (χ4n) is 3.41. The average molecular weight is 388 g/mol. The number of aryl methyl sites for hydroxylation is 1.